The van der Waals surface area contributed by atoms with Crippen LogP contribution in [0.2, 0.25) is 0 Å². The van der Waals surface area contributed by atoms with Crippen LogP contribution in [0, 0.1) is 0 Å². The summed E-state index contributed by atoms with van der Waals surface area (Å²) in [7, 11) is 1.35. The van der Waals surface area contributed by atoms with Gasteiger partial charge in [-0.1, -0.05) is 42.5 Å². The smallest absolute Gasteiger partial charge is 0.340 e. The van der Waals surface area contributed by atoms with Crippen molar-refractivity contribution in [1.29, 1.82) is 0 Å². The third kappa shape index (κ3) is 3.00. The molecule has 6 heteroatoms. The number of carbonyl (C=O) groups excluding carboxylic acids is 1. The summed E-state index contributed by atoms with van der Waals surface area (Å²) >= 11 is 4.46. The number of aliphatic imine (C=N–C) groups is 1. The summed E-state index contributed by atoms with van der Waals surface area (Å²) in [5.74, 6) is 0.646. The molecule has 0 N–H and O–H groups in total. The molecule has 0 unspecified atom stereocenters. The largest absolute Gasteiger partial charge is 0.465 e. The van der Waals surface area contributed by atoms with E-state index in [1.807, 2.05) is 24.3 Å². The van der Waals surface area contributed by atoms with E-state index >= 15 is 0 Å². The summed E-state index contributed by atoms with van der Waals surface area (Å²) in [4.78, 5) is 21.6. The van der Waals surface area contributed by atoms with Gasteiger partial charge in [-0.3, -0.25) is 4.99 Å². The van der Waals surface area contributed by atoms with Gasteiger partial charge < -0.3 is 9.15 Å². The standard InChI is InChI=1S/C24H18N2O3S/c1-28-24(27)18-10-5-11-20-22(18)26-23(29-20)17-9-4-7-14-12-19(25-21(14)17)16-8-3-2-6-15(16)13-30/h2-11,30H,12-13H2,1H3. The molecule has 0 fully saturated rings. The van der Waals surface area contributed by atoms with Crippen LogP contribution >= 0.6 is 12.6 Å². The van der Waals surface area contributed by atoms with E-state index in [1.54, 1.807) is 18.2 Å². The number of benzene rings is 3. The number of oxazole rings is 1. The molecule has 0 aliphatic carbocycles. The molecule has 0 atom stereocenters. The van der Waals surface area contributed by atoms with Crippen molar-refractivity contribution in [1.82, 2.24) is 4.98 Å². The van der Waals surface area contributed by atoms with E-state index in [2.05, 4.69) is 35.8 Å². The average Bonchev–Trinajstić information content (AvgIpc) is 3.42. The van der Waals surface area contributed by atoms with Crippen molar-refractivity contribution in [3.8, 4) is 11.5 Å². The first-order valence-electron chi connectivity index (χ1n) is 9.56. The first kappa shape index (κ1) is 18.6. The first-order valence-corrected chi connectivity index (χ1v) is 10.2. The zero-order valence-corrected chi connectivity index (χ0v) is 17.1. The fraction of sp³-hybridized carbons (Fsp3) is 0.125. The van der Waals surface area contributed by atoms with E-state index in [0.29, 0.717) is 28.3 Å². The Labute approximate surface area is 178 Å². The van der Waals surface area contributed by atoms with Crippen LogP contribution in [0.15, 0.2) is 70.1 Å². The Kier molecular flexibility index (Phi) is 4.64. The summed E-state index contributed by atoms with van der Waals surface area (Å²) in [5, 5.41) is 0. The summed E-state index contributed by atoms with van der Waals surface area (Å²) in [6, 6.07) is 19.4. The van der Waals surface area contributed by atoms with Crippen LogP contribution in [-0.2, 0) is 16.9 Å². The third-order valence-corrected chi connectivity index (χ3v) is 5.62. The molecule has 1 aliphatic rings. The van der Waals surface area contributed by atoms with Gasteiger partial charge in [0.2, 0.25) is 5.89 Å². The highest BCUT2D eigenvalue weighted by molar-refractivity contribution is 7.79. The molecule has 0 amide bonds. The summed E-state index contributed by atoms with van der Waals surface area (Å²) in [6.07, 6.45) is 0.738. The second-order valence-corrected chi connectivity index (χ2v) is 7.34. The molecular weight excluding hydrogens is 396 g/mol. The molecule has 3 aromatic carbocycles. The number of thiol groups is 1. The van der Waals surface area contributed by atoms with Gasteiger partial charge in [0, 0.05) is 17.7 Å². The number of esters is 1. The molecule has 1 aromatic heterocycles. The lowest BCUT2D eigenvalue weighted by atomic mass is 9.99. The summed E-state index contributed by atoms with van der Waals surface area (Å²) < 4.78 is 10.9. The van der Waals surface area contributed by atoms with Gasteiger partial charge in [-0.2, -0.15) is 12.6 Å². The molecule has 0 spiro atoms. The van der Waals surface area contributed by atoms with Crippen molar-refractivity contribution in [3.63, 3.8) is 0 Å². The Morgan fingerprint density at radius 2 is 1.87 bits per heavy atom. The fourth-order valence-corrected chi connectivity index (χ4v) is 4.10. The highest BCUT2D eigenvalue weighted by Crippen LogP contribution is 2.39. The lowest BCUT2D eigenvalue weighted by molar-refractivity contribution is 0.0602. The Balaban J connectivity index is 1.63. The van der Waals surface area contributed by atoms with E-state index in [9.17, 15) is 4.79 Å². The molecule has 2 heterocycles. The number of ether oxygens (including phenoxy) is 1. The number of carbonyl (C=O) groups is 1. The number of rotatable bonds is 4. The molecular formula is C24H18N2O3S. The van der Waals surface area contributed by atoms with E-state index < -0.39 is 5.97 Å². The Bertz CT molecular complexity index is 1320. The predicted octanol–water partition coefficient (Wildman–Crippen LogP) is 5.39. The van der Waals surface area contributed by atoms with Crippen LogP contribution < -0.4 is 0 Å². The monoisotopic (exact) mass is 414 g/mol. The topological polar surface area (TPSA) is 64.7 Å². The van der Waals surface area contributed by atoms with Crippen LogP contribution in [0.5, 0.6) is 0 Å². The van der Waals surface area contributed by atoms with E-state index in [-0.39, 0.29) is 0 Å². The first-order chi connectivity index (χ1) is 14.7. The van der Waals surface area contributed by atoms with Gasteiger partial charge in [0.1, 0.15) is 5.52 Å². The highest BCUT2D eigenvalue weighted by Gasteiger charge is 2.24. The maximum Gasteiger partial charge on any atom is 0.340 e. The Hall–Kier alpha value is -3.38. The van der Waals surface area contributed by atoms with Crippen molar-refractivity contribution < 1.29 is 13.9 Å². The van der Waals surface area contributed by atoms with Crippen LogP contribution in [0.25, 0.3) is 22.6 Å². The normalized spacial score (nSPS) is 12.7. The van der Waals surface area contributed by atoms with Crippen LogP contribution in [0.1, 0.15) is 27.0 Å². The quantitative estimate of drug-likeness (QED) is 0.359. The van der Waals surface area contributed by atoms with E-state index in [0.717, 1.165) is 40.1 Å². The number of para-hydroxylation sites is 2. The molecule has 1 aliphatic heterocycles. The third-order valence-electron chi connectivity index (χ3n) is 5.28. The summed E-state index contributed by atoms with van der Waals surface area (Å²) in [5.41, 5.74) is 7.45. The second-order valence-electron chi connectivity index (χ2n) is 7.03. The van der Waals surface area contributed by atoms with Crippen LogP contribution in [0.3, 0.4) is 0 Å². The molecule has 0 radical (unpaired) electrons. The second kappa shape index (κ2) is 7.46. The van der Waals surface area contributed by atoms with E-state index in [1.165, 1.54) is 7.11 Å². The van der Waals surface area contributed by atoms with Crippen LogP contribution in [0.4, 0.5) is 5.69 Å². The highest BCUT2D eigenvalue weighted by atomic mass is 32.1. The lowest BCUT2D eigenvalue weighted by Crippen LogP contribution is -2.03. The lowest BCUT2D eigenvalue weighted by Gasteiger charge is -2.06. The average molecular weight is 414 g/mol. The maximum absolute atomic E-state index is 12.1. The van der Waals surface area contributed by atoms with Gasteiger partial charge in [0.25, 0.3) is 0 Å². The van der Waals surface area contributed by atoms with Gasteiger partial charge in [0.15, 0.2) is 5.58 Å². The minimum Gasteiger partial charge on any atom is -0.465 e. The number of fused-ring (bicyclic) bond motifs is 2. The molecule has 5 nitrogen and oxygen atoms in total. The Morgan fingerprint density at radius 3 is 2.70 bits per heavy atom. The zero-order valence-electron chi connectivity index (χ0n) is 16.3. The van der Waals surface area contributed by atoms with Crippen molar-refractivity contribution in [2.75, 3.05) is 7.11 Å². The molecule has 0 saturated carbocycles. The number of hydrogen-bond donors (Lipinski definition) is 1. The molecule has 5 rings (SSSR count). The fourth-order valence-electron chi connectivity index (χ4n) is 3.83. The number of methoxy groups -OCH3 is 1. The van der Waals surface area contributed by atoms with Crippen molar-refractivity contribution in [2.24, 2.45) is 4.99 Å². The minimum absolute atomic E-state index is 0.379. The molecule has 30 heavy (non-hydrogen) atoms. The van der Waals surface area contributed by atoms with Crippen molar-refractivity contribution in [2.45, 2.75) is 12.2 Å². The summed E-state index contributed by atoms with van der Waals surface area (Å²) in [6.45, 7) is 0. The molecule has 0 bridgehead atoms. The number of hydrogen-bond acceptors (Lipinski definition) is 6. The van der Waals surface area contributed by atoms with Crippen LogP contribution in [-0.4, -0.2) is 23.8 Å². The predicted molar refractivity (Wildman–Crippen MR) is 120 cm³/mol. The van der Waals surface area contributed by atoms with Gasteiger partial charge in [-0.05, 0) is 29.3 Å². The Morgan fingerprint density at radius 1 is 1.07 bits per heavy atom. The van der Waals surface area contributed by atoms with Gasteiger partial charge in [0.05, 0.1) is 29.6 Å². The van der Waals surface area contributed by atoms with Gasteiger partial charge in [-0.15, -0.1) is 0 Å². The molecule has 148 valence electrons. The van der Waals surface area contributed by atoms with Gasteiger partial charge in [-0.25, -0.2) is 9.78 Å². The number of aromatic nitrogens is 1. The van der Waals surface area contributed by atoms with Gasteiger partial charge >= 0.3 is 5.97 Å². The maximum atomic E-state index is 12.1. The van der Waals surface area contributed by atoms with Crippen molar-refractivity contribution >= 4 is 41.1 Å². The molecule has 4 aromatic rings. The number of nitrogens with zero attached hydrogens (tertiary/aromatic N) is 2. The van der Waals surface area contributed by atoms with E-state index in [4.69, 9.17) is 14.1 Å². The molecule has 0 saturated heterocycles. The van der Waals surface area contributed by atoms with Crippen molar-refractivity contribution in [3.05, 3.63) is 82.9 Å². The minimum atomic E-state index is -0.442. The SMILES string of the molecule is COC(=O)c1cccc2oc(-c3cccc4c3N=C(c3ccccc3CS)C4)nc12. The zero-order chi connectivity index (χ0) is 20.7.